The standard InChI is InChI=1S/C10H19N3O/c1-9(2,3)10(4,14)6-8-11-7-12-13(8)5/h7,14H,6H2,1-5H3. The van der Waals surface area contributed by atoms with Crippen molar-refractivity contribution in [1.82, 2.24) is 14.8 Å². The van der Waals surface area contributed by atoms with E-state index < -0.39 is 5.60 Å². The van der Waals surface area contributed by atoms with Crippen LogP contribution in [0.2, 0.25) is 0 Å². The molecule has 0 aliphatic heterocycles. The molecule has 0 spiro atoms. The zero-order chi connectivity index (χ0) is 11.0. The molecule has 0 aliphatic rings. The maximum atomic E-state index is 10.3. The average molecular weight is 197 g/mol. The molecule has 4 nitrogen and oxygen atoms in total. The van der Waals surface area contributed by atoms with Gasteiger partial charge in [-0.3, -0.25) is 4.68 Å². The van der Waals surface area contributed by atoms with Crippen molar-refractivity contribution in [1.29, 1.82) is 0 Å². The summed E-state index contributed by atoms with van der Waals surface area (Å²) < 4.78 is 1.69. The molecular formula is C10H19N3O. The molecular weight excluding hydrogens is 178 g/mol. The van der Waals surface area contributed by atoms with E-state index in [0.717, 1.165) is 5.82 Å². The number of hydrogen-bond donors (Lipinski definition) is 1. The highest BCUT2D eigenvalue weighted by Crippen LogP contribution is 2.32. The van der Waals surface area contributed by atoms with Crippen LogP contribution in [0.3, 0.4) is 0 Å². The Morgan fingerprint density at radius 1 is 1.36 bits per heavy atom. The van der Waals surface area contributed by atoms with E-state index in [9.17, 15) is 5.11 Å². The van der Waals surface area contributed by atoms with Gasteiger partial charge in [0.2, 0.25) is 0 Å². The summed E-state index contributed by atoms with van der Waals surface area (Å²) in [6, 6.07) is 0. The van der Waals surface area contributed by atoms with Gasteiger partial charge in [-0.2, -0.15) is 5.10 Å². The third-order valence-corrected chi connectivity index (χ3v) is 2.92. The van der Waals surface area contributed by atoms with Crippen molar-refractivity contribution in [2.45, 2.75) is 39.7 Å². The molecule has 1 unspecified atom stereocenters. The van der Waals surface area contributed by atoms with Crippen molar-refractivity contribution in [2.24, 2.45) is 12.5 Å². The van der Waals surface area contributed by atoms with Gasteiger partial charge in [0, 0.05) is 13.5 Å². The molecule has 4 heteroatoms. The Kier molecular flexibility index (Phi) is 2.67. The number of rotatable bonds is 2. The Bertz CT molecular complexity index is 309. The molecule has 0 aromatic carbocycles. The number of aromatic nitrogens is 3. The van der Waals surface area contributed by atoms with Crippen LogP contribution in [-0.2, 0) is 13.5 Å². The van der Waals surface area contributed by atoms with Crippen molar-refractivity contribution >= 4 is 0 Å². The molecule has 0 radical (unpaired) electrons. The first kappa shape index (κ1) is 11.2. The fourth-order valence-corrected chi connectivity index (χ4v) is 1.05. The summed E-state index contributed by atoms with van der Waals surface area (Å²) in [5, 5.41) is 14.2. The van der Waals surface area contributed by atoms with E-state index in [0.29, 0.717) is 6.42 Å². The monoisotopic (exact) mass is 197 g/mol. The lowest BCUT2D eigenvalue weighted by atomic mass is 9.76. The summed E-state index contributed by atoms with van der Waals surface area (Å²) in [4.78, 5) is 4.11. The molecule has 80 valence electrons. The quantitative estimate of drug-likeness (QED) is 0.774. The summed E-state index contributed by atoms with van der Waals surface area (Å²) in [7, 11) is 1.83. The highest BCUT2D eigenvalue weighted by atomic mass is 16.3. The second-order valence-corrected chi connectivity index (χ2v) is 5.00. The molecule has 0 saturated carbocycles. The van der Waals surface area contributed by atoms with Gasteiger partial charge < -0.3 is 5.11 Å². The minimum Gasteiger partial charge on any atom is -0.389 e. The molecule has 1 aromatic heterocycles. The minimum atomic E-state index is -0.770. The first-order valence-corrected chi connectivity index (χ1v) is 4.79. The molecule has 1 N–H and O–H groups in total. The predicted molar refractivity (Wildman–Crippen MR) is 54.8 cm³/mol. The first-order valence-electron chi connectivity index (χ1n) is 4.79. The molecule has 1 heterocycles. The second kappa shape index (κ2) is 3.35. The van der Waals surface area contributed by atoms with Gasteiger partial charge in [0.25, 0.3) is 0 Å². The van der Waals surface area contributed by atoms with E-state index >= 15 is 0 Å². The van der Waals surface area contributed by atoms with Crippen LogP contribution in [-0.4, -0.2) is 25.5 Å². The minimum absolute atomic E-state index is 0.168. The van der Waals surface area contributed by atoms with Crippen LogP contribution in [0.1, 0.15) is 33.5 Å². The van der Waals surface area contributed by atoms with Crippen molar-refractivity contribution < 1.29 is 5.11 Å². The van der Waals surface area contributed by atoms with Crippen LogP contribution in [0.25, 0.3) is 0 Å². The first-order chi connectivity index (χ1) is 6.24. The molecule has 1 atom stereocenters. The Labute approximate surface area is 85.0 Å². The molecule has 0 fully saturated rings. The lowest BCUT2D eigenvalue weighted by Gasteiger charge is -2.36. The van der Waals surface area contributed by atoms with E-state index in [1.54, 1.807) is 4.68 Å². The maximum absolute atomic E-state index is 10.3. The van der Waals surface area contributed by atoms with E-state index in [-0.39, 0.29) is 5.41 Å². The second-order valence-electron chi connectivity index (χ2n) is 5.00. The molecule has 1 aromatic rings. The van der Waals surface area contributed by atoms with Crippen molar-refractivity contribution in [2.75, 3.05) is 0 Å². The molecule has 1 rings (SSSR count). The van der Waals surface area contributed by atoms with Gasteiger partial charge in [0.1, 0.15) is 12.2 Å². The van der Waals surface area contributed by atoms with E-state index in [1.165, 1.54) is 6.33 Å². The number of aryl methyl sites for hydroxylation is 1. The zero-order valence-electron chi connectivity index (χ0n) is 9.57. The number of nitrogens with zero attached hydrogens (tertiary/aromatic N) is 3. The lowest BCUT2D eigenvalue weighted by molar-refractivity contribution is -0.0426. The van der Waals surface area contributed by atoms with Crippen LogP contribution < -0.4 is 0 Å². The third-order valence-electron chi connectivity index (χ3n) is 2.92. The van der Waals surface area contributed by atoms with Crippen LogP contribution in [0, 0.1) is 5.41 Å². The summed E-state index contributed by atoms with van der Waals surface area (Å²) >= 11 is 0. The molecule has 0 bridgehead atoms. The maximum Gasteiger partial charge on any atom is 0.138 e. The molecule has 14 heavy (non-hydrogen) atoms. The Morgan fingerprint density at radius 3 is 2.29 bits per heavy atom. The third kappa shape index (κ3) is 2.12. The normalized spacial score (nSPS) is 16.7. The highest BCUT2D eigenvalue weighted by molar-refractivity contribution is 4.97. The lowest BCUT2D eigenvalue weighted by Crippen LogP contribution is -2.42. The van der Waals surface area contributed by atoms with Crippen LogP contribution in [0.5, 0.6) is 0 Å². The Morgan fingerprint density at radius 2 is 1.93 bits per heavy atom. The van der Waals surface area contributed by atoms with Gasteiger partial charge in [0.15, 0.2) is 0 Å². The van der Waals surface area contributed by atoms with E-state index in [2.05, 4.69) is 10.1 Å². The topological polar surface area (TPSA) is 50.9 Å². The van der Waals surface area contributed by atoms with Gasteiger partial charge in [0.05, 0.1) is 5.60 Å². The highest BCUT2D eigenvalue weighted by Gasteiger charge is 2.36. The zero-order valence-corrected chi connectivity index (χ0v) is 9.57. The van der Waals surface area contributed by atoms with Gasteiger partial charge in [-0.05, 0) is 12.3 Å². The fraction of sp³-hybridized carbons (Fsp3) is 0.800. The largest absolute Gasteiger partial charge is 0.389 e. The van der Waals surface area contributed by atoms with Crippen molar-refractivity contribution in [3.63, 3.8) is 0 Å². The molecule has 0 aliphatic carbocycles. The smallest absolute Gasteiger partial charge is 0.138 e. The fourth-order valence-electron chi connectivity index (χ4n) is 1.05. The number of aliphatic hydroxyl groups is 1. The average Bonchev–Trinajstić information content (AvgIpc) is 2.33. The van der Waals surface area contributed by atoms with E-state index in [4.69, 9.17) is 0 Å². The summed E-state index contributed by atoms with van der Waals surface area (Å²) in [6.07, 6.45) is 2.03. The van der Waals surface area contributed by atoms with Gasteiger partial charge in [-0.1, -0.05) is 20.8 Å². The van der Waals surface area contributed by atoms with Gasteiger partial charge in [-0.15, -0.1) is 0 Å². The molecule has 0 amide bonds. The van der Waals surface area contributed by atoms with Crippen molar-refractivity contribution in [3.8, 4) is 0 Å². The number of hydrogen-bond acceptors (Lipinski definition) is 3. The SMILES string of the molecule is Cn1ncnc1CC(C)(O)C(C)(C)C. The van der Waals surface area contributed by atoms with Gasteiger partial charge in [-0.25, -0.2) is 4.98 Å². The summed E-state index contributed by atoms with van der Waals surface area (Å²) in [5.74, 6) is 0.810. The Hall–Kier alpha value is -0.900. The summed E-state index contributed by atoms with van der Waals surface area (Å²) in [5.41, 5.74) is -0.938. The predicted octanol–water partition coefficient (Wildman–Crippen LogP) is 1.15. The summed E-state index contributed by atoms with van der Waals surface area (Å²) in [6.45, 7) is 7.89. The molecule has 0 saturated heterocycles. The van der Waals surface area contributed by atoms with Crippen LogP contribution in [0.15, 0.2) is 6.33 Å². The van der Waals surface area contributed by atoms with E-state index in [1.807, 2.05) is 34.7 Å². The Balaban J connectivity index is 2.84. The van der Waals surface area contributed by atoms with Crippen LogP contribution in [0.4, 0.5) is 0 Å². The van der Waals surface area contributed by atoms with Crippen LogP contribution >= 0.6 is 0 Å². The van der Waals surface area contributed by atoms with Crippen molar-refractivity contribution in [3.05, 3.63) is 12.2 Å². The van der Waals surface area contributed by atoms with Gasteiger partial charge >= 0.3 is 0 Å².